The molecule has 0 saturated carbocycles. The molecule has 0 amide bonds. The highest BCUT2D eigenvalue weighted by Gasteiger charge is 2.42. The largest absolute Gasteiger partial charge is 0.481 e. The number of hydrogen-bond acceptors (Lipinski definition) is 5. The van der Waals surface area contributed by atoms with Gasteiger partial charge in [0, 0.05) is 12.0 Å². The number of carbonyl (C=O) groups is 1. The fourth-order valence-corrected chi connectivity index (χ4v) is 4.86. The van der Waals surface area contributed by atoms with Crippen LogP contribution < -0.4 is 0 Å². The number of nitrogens with one attached hydrogen (secondary N) is 1. The van der Waals surface area contributed by atoms with Gasteiger partial charge in [-0.15, -0.1) is 0 Å². The Bertz CT molecular complexity index is 999. The molecule has 2 atom stereocenters. The van der Waals surface area contributed by atoms with Crippen molar-refractivity contribution >= 4 is 16.9 Å². The minimum atomic E-state index is -0.889. The maximum Gasteiger partial charge on any atom is 0.306 e. The Kier molecular flexibility index (Phi) is 5.83. The number of benzene rings is 1. The summed E-state index contributed by atoms with van der Waals surface area (Å²) in [7, 11) is 0. The van der Waals surface area contributed by atoms with Crippen LogP contribution in [0.2, 0.25) is 0 Å². The molecule has 7 nitrogen and oxygen atoms in total. The molecule has 160 valence electrons. The van der Waals surface area contributed by atoms with Crippen molar-refractivity contribution in [3.05, 3.63) is 34.0 Å². The van der Waals surface area contributed by atoms with E-state index in [1.807, 2.05) is 19.9 Å². The van der Waals surface area contributed by atoms with Gasteiger partial charge in [-0.05, 0) is 48.9 Å². The van der Waals surface area contributed by atoms with Gasteiger partial charge in [0.2, 0.25) is 0 Å². The average Bonchev–Trinajstić information content (AvgIpc) is 3.36. The fourth-order valence-electron chi connectivity index (χ4n) is 4.86. The van der Waals surface area contributed by atoms with Crippen LogP contribution in [0.3, 0.4) is 0 Å². The van der Waals surface area contributed by atoms with Crippen LogP contribution in [0.1, 0.15) is 60.6 Å². The molecule has 1 saturated heterocycles. The highest BCUT2D eigenvalue weighted by atomic mass is 16.5. The first-order valence-electron chi connectivity index (χ1n) is 10.6. The summed E-state index contributed by atoms with van der Waals surface area (Å²) in [6, 6.07) is 4.26. The molecular weight excluding hydrogens is 384 g/mol. The van der Waals surface area contributed by atoms with Crippen LogP contribution >= 0.6 is 0 Å². The lowest BCUT2D eigenvalue weighted by molar-refractivity contribution is -0.149. The standard InChI is InChI=1S/C23H28N2O5/c1-3-6-23(10-19(26)27)22-18(5-8-30-23)20-15(11-24)9-16(14(2)21(20)25-22)12-29-17-4-7-28-13-17/h9,17,25H,3-8,10,12-13H2,1-2H3,(H,26,27)/t17-,23+/m1/s1. The van der Waals surface area contributed by atoms with E-state index in [1.54, 1.807) is 0 Å². The van der Waals surface area contributed by atoms with E-state index in [4.69, 9.17) is 14.2 Å². The summed E-state index contributed by atoms with van der Waals surface area (Å²) in [5, 5.41) is 20.3. The van der Waals surface area contributed by atoms with E-state index >= 15 is 0 Å². The van der Waals surface area contributed by atoms with E-state index in [9.17, 15) is 15.2 Å². The SMILES string of the molecule is CCC[C@@]1(CC(=O)O)OCCc2c1[nH]c1c(C)c(CO[C@@H]3CCOC3)cc(C#N)c21. The van der Waals surface area contributed by atoms with Crippen molar-refractivity contribution in [1.82, 2.24) is 4.98 Å². The van der Waals surface area contributed by atoms with Crippen molar-refractivity contribution < 1.29 is 24.1 Å². The third-order valence-electron chi connectivity index (χ3n) is 6.31. The molecule has 0 spiro atoms. The van der Waals surface area contributed by atoms with E-state index in [1.165, 1.54) is 0 Å². The number of nitrogens with zero attached hydrogens (tertiary/aromatic N) is 1. The minimum absolute atomic E-state index is 0.0867. The second-order valence-electron chi connectivity index (χ2n) is 8.26. The normalized spacial score (nSPS) is 23.4. The molecule has 1 aromatic heterocycles. The fraction of sp³-hybridized carbons (Fsp3) is 0.565. The quantitative estimate of drug-likeness (QED) is 0.719. The average molecular weight is 412 g/mol. The lowest BCUT2D eigenvalue weighted by atomic mass is 9.84. The van der Waals surface area contributed by atoms with Gasteiger partial charge in [0.1, 0.15) is 5.60 Å². The second-order valence-corrected chi connectivity index (χ2v) is 8.26. The summed E-state index contributed by atoms with van der Waals surface area (Å²) < 4.78 is 17.5. The predicted molar refractivity (Wildman–Crippen MR) is 110 cm³/mol. The molecule has 3 heterocycles. The predicted octanol–water partition coefficient (Wildman–Crippen LogP) is 3.70. The molecule has 0 aliphatic carbocycles. The molecule has 7 heteroatoms. The number of nitriles is 1. The third-order valence-corrected chi connectivity index (χ3v) is 6.31. The maximum atomic E-state index is 11.7. The van der Waals surface area contributed by atoms with Gasteiger partial charge in [-0.25, -0.2) is 0 Å². The zero-order valence-electron chi connectivity index (χ0n) is 17.5. The molecule has 2 aliphatic heterocycles. The lowest BCUT2D eigenvalue weighted by Crippen LogP contribution is -2.37. The highest BCUT2D eigenvalue weighted by molar-refractivity contribution is 5.94. The van der Waals surface area contributed by atoms with Crippen LogP contribution in [0.25, 0.3) is 10.9 Å². The molecule has 0 bridgehead atoms. The van der Waals surface area contributed by atoms with Crippen LogP contribution in [0.4, 0.5) is 0 Å². The number of rotatable bonds is 7. The number of hydrogen-bond donors (Lipinski definition) is 2. The minimum Gasteiger partial charge on any atom is -0.481 e. The van der Waals surface area contributed by atoms with Crippen LogP contribution in [-0.4, -0.2) is 42.0 Å². The Labute approximate surface area is 175 Å². The number of carboxylic acid groups (broad SMARTS) is 1. The van der Waals surface area contributed by atoms with Gasteiger partial charge < -0.3 is 24.3 Å². The monoisotopic (exact) mass is 412 g/mol. The summed E-state index contributed by atoms with van der Waals surface area (Å²) in [6.45, 7) is 6.24. The van der Waals surface area contributed by atoms with Crippen LogP contribution in [0, 0.1) is 18.3 Å². The molecule has 1 aromatic carbocycles. The van der Waals surface area contributed by atoms with E-state index in [0.717, 1.165) is 52.7 Å². The third kappa shape index (κ3) is 3.60. The summed E-state index contributed by atoms with van der Waals surface area (Å²) in [4.78, 5) is 15.1. The molecule has 2 aliphatic rings. The number of H-pyrrole nitrogens is 1. The number of carboxylic acids is 1. The Balaban J connectivity index is 1.81. The topological polar surface area (TPSA) is 105 Å². The zero-order chi connectivity index (χ0) is 21.3. The first-order valence-corrected chi connectivity index (χ1v) is 10.6. The molecule has 0 radical (unpaired) electrons. The van der Waals surface area contributed by atoms with Crippen LogP contribution in [0.15, 0.2) is 6.07 Å². The van der Waals surface area contributed by atoms with Crippen molar-refractivity contribution in [2.24, 2.45) is 0 Å². The van der Waals surface area contributed by atoms with Crippen molar-refractivity contribution in [1.29, 1.82) is 5.26 Å². The van der Waals surface area contributed by atoms with E-state index in [-0.39, 0.29) is 12.5 Å². The molecule has 0 unspecified atom stereocenters. The lowest BCUT2D eigenvalue weighted by Gasteiger charge is -2.36. The Hall–Kier alpha value is -2.40. The zero-order valence-corrected chi connectivity index (χ0v) is 17.5. The second kappa shape index (κ2) is 8.38. The first kappa shape index (κ1) is 20.9. The molecule has 1 fully saturated rings. The van der Waals surface area contributed by atoms with Gasteiger partial charge in [-0.1, -0.05) is 13.3 Å². The molecule has 30 heavy (non-hydrogen) atoms. The number of ether oxygens (including phenoxy) is 3. The van der Waals surface area contributed by atoms with Crippen molar-refractivity contribution in [3.8, 4) is 6.07 Å². The van der Waals surface area contributed by atoms with E-state index in [2.05, 4.69) is 11.1 Å². The first-order chi connectivity index (χ1) is 14.5. The number of aryl methyl sites for hydroxylation is 1. The molecule has 4 rings (SSSR count). The number of aliphatic carboxylic acids is 1. The summed E-state index contributed by atoms with van der Waals surface area (Å²) in [6.07, 6.45) is 2.94. The Morgan fingerprint density at radius 2 is 2.30 bits per heavy atom. The van der Waals surface area contributed by atoms with Crippen molar-refractivity contribution in [2.75, 3.05) is 19.8 Å². The van der Waals surface area contributed by atoms with E-state index in [0.29, 0.717) is 38.2 Å². The summed E-state index contributed by atoms with van der Waals surface area (Å²) in [5.74, 6) is -0.889. The smallest absolute Gasteiger partial charge is 0.306 e. The van der Waals surface area contributed by atoms with Gasteiger partial charge in [0.05, 0.1) is 55.2 Å². The molecule has 2 N–H and O–H groups in total. The van der Waals surface area contributed by atoms with Crippen molar-refractivity contribution in [2.45, 2.75) is 64.3 Å². The Morgan fingerprint density at radius 1 is 1.47 bits per heavy atom. The number of aromatic amines is 1. The maximum absolute atomic E-state index is 11.7. The number of fused-ring (bicyclic) bond motifs is 3. The Morgan fingerprint density at radius 3 is 2.97 bits per heavy atom. The summed E-state index contributed by atoms with van der Waals surface area (Å²) in [5.41, 5.74) is 4.41. The van der Waals surface area contributed by atoms with Gasteiger partial charge in [-0.3, -0.25) is 4.79 Å². The van der Waals surface area contributed by atoms with E-state index < -0.39 is 11.6 Å². The van der Waals surface area contributed by atoms with Gasteiger partial charge in [0.25, 0.3) is 0 Å². The highest BCUT2D eigenvalue weighted by Crippen LogP contribution is 2.44. The number of aromatic nitrogens is 1. The van der Waals surface area contributed by atoms with Crippen LogP contribution in [0.5, 0.6) is 0 Å². The molecule has 2 aromatic rings. The van der Waals surface area contributed by atoms with Gasteiger partial charge in [-0.2, -0.15) is 5.26 Å². The molecular formula is C23H28N2O5. The van der Waals surface area contributed by atoms with Gasteiger partial charge >= 0.3 is 5.97 Å². The summed E-state index contributed by atoms with van der Waals surface area (Å²) >= 11 is 0. The van der Waals surface area contributed by atoms with Crippen LogP contribution in [-0.2, 0) is 37.6 Å². The van der Waals surface area contributed by atoms with Crippen molar-refractivity contribution in [3.63, 3.8) is 0 Å². The van der Waals surface area contributed by atoms with Gasteiger partial charge in [0.15, 0.2) is 0 Å².